The zero-order chi connectivity index (χ0) is 17.8. The van der Waals surface area contributed by atoms with Gasteiger partial charge in [0.2, 0.25) is 5.91 Å². The van der Waals surface area contributed by atoms with E-state index in [-0.39, 0.29) is 5.91 Å². The van der Waals surface area contributed by atoms with Gasteiger partial charge in [-0.3, -0.25) is 9.69 Å². The summed E-state index contributed by atoms with van der Waals surface area (Å²) in [5.41, 5.74) is 10.2. The van der Waals surface area contributed by atoms with Crippen molar-refractivity contribution in [1.82, 2.24) is 14.8 Å². The lowest BCUT2D eigenvalue weighted by molar-refractivity contribution is 0.100. The number of hydrogen-bond acceptors (Lipinski definition) is 5. The van der Waals surface area contributed by atoms with Gasteiger partial charge in [0, 0.05) is 36.6 Å². The Hall–Kier alpha value is -1.76. The molecule has 1 aromatic carbocycles. The summed E-state index contributed by atoms with van der Waals surface area (Å²) in [6.45, 7) is 7.39. The van der Waals surface area contributed by atoms with E-state index >= 15 is 0 Å². The molecule has 1 aliphatic heterocycles. The van der Waals surface area contributed by atoms with Crippen LogP contribution in [0.4, 0.5) is 0 Å². The second-order valence-electron chi connectivity index (χ2n) is 7.01. The van der Waals surface area contributed by atoms with Gasteiger partial charge in [-0.1, -0.05) is 12.1 Å². The number of aromatic nitrogens is 1. The molecule has 2 aromatic rings. The maximum absolute atomic E-state index is 11.1. The third kappa shape index (κ3) is 4.87. The Morgan fingerprint density at radius 1 is 1.40 bits per heavy atom. The van der Waals surface area contributed by atoms with E-state index in [4.69, 9.17) is 5.73 Å². The van der Waals surface area contributed by atoms with Gasteiger partial charge in [-0.25, -0.2) is 4.98 Å². The van der Waals surface area contributed by atoms with E-state index in [0.717, 1.165) is 38.4 Å². The van der Waals surface area contributed by atoms with E-state index in [1.807, 2.05) is 29.8 Å². The van der Waals surface area contributed by atoms with Gasteiger partial charge in [0.25, 0.3) is 0 Å². The quantitative estimate of drug-likeness (QED) is 0.826. The number of primary amides is 1. The van der Waals surface area contributed by atoms with Crippen molar-refractivity contribution in [3.63, 3.8) is 0 Å². The molecule has 0 spiro atoms. The van der Waals surface area contributed by atoms with Crippen molar-refractivity contribution in [1.29, 1.82) is 0 Å². The third-order valence-electron chi connectivity index (χ3n) is 4.84. The summed E-state index contributed by atoms with van der Waals surface area (Å²) < 4.78 is 0. The maximum Gasteiger partial charge on any atom is 0.248 e. The molecular formula is C19H26N4OS. The van der Waals surface area contributed by atoms with Crippen LogP contribution >= 0.6 is 11.3 Å². The van der Waals surface area contributed by atoms with Crippen LogP contribution in [0.5, 0.6) is 0 Å². The first kappa shape index (κ1) is 18.0. The summed E-state index contributed by atoms with van der Waals surface area (Å²) in [6.07, 6.45) is 1.24. The summed E-state index contributed by atoms with van der Waals surface area (Å²) in [4.78, 5) is 21.7. The van der Waals surface area contributed by atoms with Gasteiger partial charge < -0.3 is 10.6 Å². The number of carbonyl (C=O) groups is 1. The molecule has 0 saturated carbocycles. The summed E-state index contributed by atoms with van der Waals surface area (Å²) in [7, 11) is 2.20. The van der Waals surface area contributed by atoms with Crippen LogP contribution in [0.1, 0.15) is 32.9 Å². The lowest BCUT2D eigenvalue weighted by Crippen LogP contribution is -2.28. The first-order chi connectivity index (χ1) is 12.0. The number of thiazole rings is 1. The fourth-order valence-electron chi connectivity index (χ4n) is 3.47. The SMILES string of the molecule is Cc1ncsc1CN(C)C[C@@H]1CCN(Cc2ccc(C(N)=O)cc2)C1. The van der Waals surface area contributed by atoms with E-state index < -0.39 is 0 Å². The molecule has 134 valence electrons. The van der Waals surface area contributed by atoms with Crippen molar-refractivity contribution in [3.8, 4) is 0 Å². The largest absolute Gasteiger partial charge is 0.366 e. The van der Waals surface area contributed by atoms with Crippen LogP contribution < -0.4 is 5.73 Å². The molecule has 0 unspecified atom stereocenters. The van der Waals surface area contributed by atoms with Crippen molar-refractivity contribution >= 4 is 17.2 Å². The van der Waals surface area contributed by atoms with Crippen molar-refractivity contribution < 1.29 is 4.79 Å². The van der Waals surface area contributed by atoms with Crippen molar-refractivity contribution in [3.05, 3.63) is 51.5 Å². The minimum atomic E-state index is -0.369. The number of aryl methyl sites for hydroxylation is 1. The van der Waals surface area contributed by atoms with E-state index in [1.165, 1.54) is 16.9 Å². The molecule has 2 N–H and O–H groups in total. The number of nitrogens with two attached hydrogens (primary N) is 1. The lowest BCUT2D eigenvalue weighted by Gasteiger charge is -2.21. The fourth-order valence-corrected chi connectivity index (χ4v) is 4.32. The number of carbonyl (C=O) groups excluding carboxylic acids is 1. The highest BCUT2D eigenvalue weighted by Crippen LogP contribution is 2.21. The van der Waals surface area contributed by atoms with Crippen LogP contribution in [0.25, 0.3) is 0 Å². The molecule has 5 nitrogen and oxygen atoms in total. The molecule has 25 heavy (non-hydrogen) atoms. The average molecular weight is 359 g/mol. The highest BCUT2D eigenvalue weighted by Gasteiger charge is 2.23. The predicted octanol–water partition coefficient (Wildman–Crippen LogP) is 2.50. The highest BCUT2D eigenvalue weighted by atomic mass is 32.1. The summed E-state index contributed by atoms with van der Waals surface area (Å²) in [6, 6.07) is 7.64. The Bertz CT molecular complexity index is 712. The van der Waals surface area contributed by atoms with Crippen LogP contribution in [0.15, 0.2) is 29.8 Å². The van der Waals surface area contributed by atoms with Crippen LogP contribution in [0.2, 0.25) is 0 Å². The van der Waals surface area contributed by atoms with Gasteiger partial charge in [-0.15, -0.1) is 11.3 Å². The first-order valence-electron chi connectivity index (χ1n) is 8.70. The van der Waals surface area contributed by atoms with Gasteiger partial charge >= 0.3 is 0 Å². The number of amides is 1. The van der Waals surface area contributed by atoms with E-state index in [0.29, 0.717) is 11.5 Å². The number of hydrogen-bond donors (Lipinski definition) is 1. The Balaban J connectivity index is 1.46. The molecule has 1 aromatic heterocycles. The molecule has 1 amide bonds. The second-order valence-corrected chi connectivity index (χ2v) is 7.95. The molecule has 3 rings (SSSR count). The number of benzene rings is 1. The molecule has 0 bridgehead atoms. The summed E-state index contributed by atoms with van der Waals surface area (Å²) in [5, 5.41) is 0. The molecule has 1 fully saturated rings. The van der Waals surface area contributed by atoms with Crippen LogP contribution in [-0.2, 0) is 13.1 Å². The third-order valence-corrected chi connectivity index (χ3v) is 5.76. The highest BCUT2D eigenvalue weighted by molar-refractivity contribution is 7.09. The van der Waals surface area contributed by atoms with Gasteiger partial charge in [0.05, 0.1) is 11.2 Å². The van der Waals surface area contributed by atoms with Crippen molar-refractivity contribution in [2.24, 2.45) is 11.7 Å². The normalized spacial score (nSPS) is 18.1. The lowest BCUT2D eigenvalue weighted by atomic mass is 10.1. The maximum atomic E-state index is 11.1. The topological polar surface area (TPSA) is 62.5 Å². The standard InChI is InChI=1S/C19H26N4OS/c1-14-18(25-13-21-14)12-22(2)9-16-7-8-23(11-16)10-15-3-5-17(6-4-15)19(20)24/h3-6,13,16H,7-12H2,1-2H3,(H2,20,24)/t16-/m0/s1. The van der Waals surface area contributed by atoms with Crippen LogP contribution in [-0.4, -0.2) is 47.4 Å². The number of nitrogens with zero attached hydrogens (tertiary/aromatic N) is 3. The van der Waals surface area contributed by atoms with Crippen molar-refractivity contribution in [2.75, 3.05) is 26.7 Å². The average Bonchev–Trinajstić information content (AvgIpc) is 3.17. The number of likely N-dealkylation sites (tertiary alicyclic amines) is 1. The zero-order valence-corrected chi connectivity index (χ0v) is 15.8. The van der Waals surface area contributed by atoms with E-state index in [9.17, 15) is 4.79 Å². The molecule has 0 aliphatic carbocycles. The van der Waals surface area contributed by atoms with Gasteiger partial charge in [-0.2, -0.15) is 0 Å². The minimum absolute atomic E-state index is 0.369. The Labute approximate surface area is 153 Å². The fraction of sp³-hybridized carbons (Fsp3) is 0.474. The molecule has 1 aliphatic rings. The summed E-state index contributed by atoms with van der Waals surface area (Å²) >= 11 is 1.75. The summed E-state index contributed by atoms with van der Waals surface area (Å²) in [5.74, 6) is 0.343. The van der Waals surface area contributed by atoms with Crippen LogP contribution in [0, 0.1) is 12.8 Å². The molecule has 1 atom stereocenters. The zero-order valence-electron chi connectivity index (χ0n) is 14.9. The second kappa shape index (κ2) is 8.08. The number of rotatable bonds is 7. The molecule has 1 saturated heterocycles. The Morgan fingerprint density at radius 2 is 2.16 bits per heavy atom. The molecule has 0 radical (unpaired) electrons. The minimum Gasteiger partial charge on any atom is -0.366 e. The Kier molecular flexibility index (Phi) is 5.83. The van der Waals surface area contributed by atoms with Gasteiger partial charge in [0.15, 0.2) is 0 Å². The Morgan fingerprint density at radius 3 is 2.80 bits per heavy atom. The first-order valence-corrected chi connectivity index (χ1v) is 9.58. The molecule has 6 heteroatoms. The van der Waals surface area contributed by atoms with Crippen LogP contribution in [0.3, 0.4) is 0 Å². The smallest absolute Gasteiger partial charge is 0.248 e. The van der Waals surface area contributed by atoms with Gasteiger partial charge in [0.1, 0.15) is 0 Å². The molecular weight excluding hydrogens is 332 g/mol. The van der Waals surface area contributed by atoms with E-state index in [1.54, 1.807) is 11.3 Å². The van der Waals surface area contributed by atoms with Gasteiger partial charge in [-0.05, 0) is 50.6 Å². The van der Waals surface area contributed by atoms with E-state index in [2.05, 4.69) is 28.8 Å². The molecule has 2 heterocycles. The monoisotopic (exact) mass is 358 g/mol. The predicted molar refractivity (Wildman–Crippen MR) is 102 cm³/mol. The van der Waals surface area contributed by atoms with Crippen molar-refractivity contribution in [2.45, 2.75) is 26.4 Å².